The molecule has 0 spiro atoms. The van der Waals surface area contributed by atoms with Crippen LogP contribution in [0.4, 0.5) is 0 Å². The van der Waals surface area contributed by atoms with Crippen LogP contribution in [0.2, 0.25) is 0 Å². The number of carbonyl (C=O) groups excluding carboxylic acids is 1. The van der Waals surface area contributed by atoms with Gasteiger partial charge in [0.15, 0.2) is 0 Å². The number of methoxy groups -OCH3 is 1. The van der Waals surface area contributed by atoms with E-state index in [-0.39, 0.29) is 17.3 Å². The predicted molar refractivity (Wildman–Crippen MR) is 145 cm³/mol. The van der Waals surface area contributed by atoms with Crippen LogP contribution in [0.25, 0.3) is 0 Å². The minimum absolute atomic E-state index is 0.168. The van der Waals surface area contributed by atoms with Gasteiger partial charge in [-0.2, -0.15) is 0 Å². The highest BCUT2D eigenvalue weighted by atomic mass is 16.5. The Labute approximate surface area is 222 Å². The van der Waals surface area contributed by atoms with Gasteiger partial charge in [-0.1, -0.05) is 45.6 Å². The molecule has 0 saturated heterocycles. The Bertz CT molecular complexity index is 1020. The molecule has 37 heavy (non-hydrogen) atoms. The lowest BCUT2D eigenvalue weighted by molar-refractivity contribution is -0.148. The molecule has 1 fully saturated rings. The molecule has 3 N–H and O–H groups in total. The van der Waals surface area contributed by atoms with Crippen molar-refractivity contribution in [2.45, 2.75) is 91.3 Å². The number of ether oxygens (including phenoxy) is 1. The lowest BCUT2D eigenvalue weighted by atomic mass is 9.48. The molecule has 0 aromatic carbocycles. The van der Waals surface area contributed by atoms with Gasteiger partial charge in [0, 0.05) is 17.8 Å². The summed E-state index contributed by atoms with van der Waals surface area (Å²) < 4.78 is 4.92. The molecule has 1 saturated carbocycles. The highest BCUT2D eigenvalue weighted by Crippen LogP contribution is 2.70. The number of esters is 1. The Balaban J connectivity index is 2.01. The number of aliphatic hydroxyl groups is 2. The van der Waals surface area contributed by atoms with Gasteiger partial charge >= 0.3 is 11.9 Å². The molecule has 3 aliphatic carbocycles. The Morgan fingerprint density at radius 1 is 1.22 bits per heavy atom. The monoisotopic (exact) mass is 514 g/mol. The third-order valence-electron chi connectivity index (χ3n) is 10.4. The molecular weight excluding hydrogens is 468 g/mol. The maximum Gasteiger partial charge on any atom is 0.306 e. The molecule has 206 valence electrons. The first-order valence-corrected chi connectivity index (χ1v) is 13.5. The van der Waals surface area contributed by atoms with E-state index in [1.165, 1.54) is 18.3 Å². The SMILES string of the molecule is C=C[C@@H]1CC=C2C(=CC[C@]3(C)[C@@H]([C@@H](CCC(=C)C(C)(C)O)C(=O)O)[C@H](O)C[C@@]23C)[C@@]1(C)CCC(=O)OC. The van der Waals surface area contributed by atoms with Crippen LogP contribution in [0.5, 0.6) is 0 Å². The highest BCUT2D eigenvalue weighted by Gasteiger charge is 2.65. The average Bonchev–Trinajstić information content (AvgIpc) is 3.02. The first-order chi connectivity index (χ1) is 17.1. The molecule has 0 bridgehead atoms. The number of allylic oxidation sites excluding steroid dienone is 5. The molecule has 0 aliphatic heterocycles. The van der Waals surface area contributed by atoms with Gasteiger partial charge in [-0.15, -0.1) is 6.58 Å². The minimum atomic E-state index is -1.08. The summed E-state index contributed by atoms with van der Waals surface area (Å²) in [5, 5.41) is 32.1. The van der Waals surface area contributed by atoms with Crippen molar-refractivity contribution in [1.29, 1.82) is 0 Å². The number of carbonyl (C=O) groups is 2. The molecule has 0 aromatic heterocycles. The fourth-order valence-electron chi connectivity index (χ4n) is 7.60. The molecule has 0 radical (unpaired) electrons. The van der Waals surface area contributed by atoms with Crippen LogP contribution in [0, 0.1) is 34.0 Å². The molecular formula is C31H46O6. The van der Waals surface area contributed by atoms with E-state index in [0.717, 1.165) is 6.42 Å². The third-order valence-corrected chi connectivity index (χ3v) is 10.4. The lowest BCUT2D eigenvalue weighted by Crippen LogP contribution is -2.48. The van der Waals surface area contributed by atoms with Crippen molar-refractivity contribution < 1.29 is 29.6 Å². The maximum absolute atomic E-state index is 12.6. The Morgan fingerprint density at radius 3 is 2.41 bits per heavy atom. The van der Waals surface area contributed by atoms with Crippen LogP contribution in [0.1, 0.15) is 79.6 Å². The molecule has 6 nitrogen and oxygen atoms in total. The number of carboxylic acid groups (broad SMARTS) is 1. The smallest absolute Gasteiger partial charge is 0.306 e. The molecule has 3 aliphatic rings. The van der Waals surface area contributed by atoms with E-state index in [2.05, 4.69) is 46.1 Å². The van der Waals surface area contributed by atoms with Crippen molar-refractivity contribution in [3.8, 4) is 0 Å². The summed E-state index contributed by atoms with van der Waals surface area (Å²) >= 11 is 0. The summed E-state index contributed by atoms with van der Waals surface area (Å²) in [6.07, 6.45) is 9.27. The highest BCUT2D eigenvalue weighted by molar-refractivity contribution is 5.71. The largest absolute Gasteiger partial charge is 0.481 e. The zero-order chi connectivity index (χ0) is 28.0. The van der Waals surface area contributed by atoms with Gasteiger partial charge in [-0.25, -0.2) is 0 Å². The number of aliphatic hydroxyl groups excluding tert-OH is 1. The van der Waals surface area contributed by atoms with Crippen molar-refractivity contribution in [2.24, 2.45) is 34.0 Å². The van der Waals surface area contributed by atoms with Crippen molar-refractivity contribution >= 4 is 11.9 Å². The number of rotatable bonds is 10. The summed E-state index contributed by atoms with van der Waals surface area (Å²) in [5.41, 5.74) is 0.704. The summed E-state index contributed by atoms with van der Waals surface area (Å²) in [4.78, 5) is 24.6. The fraction of sp³-hybridized carbons (Fsp3) is 0.677. The first kappa shape index (κ1) is 29.4. The van der Waals surface area contributed by atoms with Crippen LogP contribution in [0.3, 0.4) is 0 Å². The number of aliphatic carboxylic acids is 1. The molecule has 0 unspecified atom stereocenters. The van der Waals surface area contributed by atoms with Gasteiger partial charge < -0.3 is 20.1 Å². The van der Waals surface area contributed by atoms with Crippen LogP contribution in [-0.4, -0.2) is 46.1 Å². The first-order valence-electron chi connectivity index (χ1n) is 13.5. The topological polar surface area (TPSA) is 104 Å². The number of hydrogen-bond donors (Lipinski definition) is 3. The standard InChI is InChI=1S/C31H46O6/c1-9-20-11-13-23-22(29(20,5)16-15-25(33)37-8)14-17-30(6)26(24(32)18-31(23,30)7)21(27(34)35)12-10-19(2)28(3,4)36/h9,13-14,20-21,24,26,32,36H,1-2,10-12,15-18H2,3-8H3,(H,34,35)/t20-,21-,24-,26+,29+,30-,31+/m1/s1. The van der Waals surface area contributed by atoms with Crippen molar-refractivity contribution in [2.75, 3.05) is 7.11 Å². The number of hydrogen-bond acceptors (Lipinski definition) is 5. The molecule has 0 amide bonds. The summed E-state index contributed by atoms with van der Waals surface area (Å²) in [5.74, 6) is -2.18. The lowest BCUT2D eigenvalue weighted by Gasteiger charge is -2.55. The normalized spacial score (nSPS) is 35.9. The van der Waals surface area contributed by atoms with Crippen molar-refractivity contribution in [1.82, 2.24) is 0 Å². The number of fused-ring (bicyclic) bond motifs is 3. The fourth-order valence-corrected chi connectivity index (χ4v) is 7.60. The van der Waals surface area contributed by atoms with Crippen molar-refractivity contribution in [3.05, 3.63) is 48.1 Å². The zero-order valence-electron chi connectivity index (χ0n) is 23.5. The Morgan fingerprint density at radius 2 is 1.86 bits per heavy atom. The van der Waals surface area contributed by atoms with Gasteiger partial charge in [0.1, 0.15) is 0 Å². The Kier molecular flexibility index (Phi) is 8.08. The average molecular weight is 515 g/mol. The summed E-state index contributed by atoms with van der Waals surface area (Å²) in [6, 6.07) is 0. The second-order valence-electron chi connectivity index (χ2n) is 12.7. The van der Waals surface area contributed by atoms with Gasteiger partial charge in [-0.3, -0.25) is 9.59 Å². The molecule has 0 heterocycles. The van der Waals surface area contributed by atoms with Crippen LogP contribution in [-0.2, 0) is 14.3 Å². The van der Waals surface area contributed by atoms with E-state index in [0.29, 0.717) is 44.1 Å². The second-order valence-corrected chi connectivity index (χ2v) is 12.7. The second kappa shape index (κ2) is 10.2. The predicted octanol–water partition coefficient (Wildman–Crippen LogP) is 5.61. The summed E-state index contributed by atoms with van der Waals surface area (Å²) in [7, 11) is 1.41. The molecule has 3 rings (SSSR count). The van der Waals surface area contributed by atoms with Crippen molar-refractivity contribution in [3.63, 3.8) is 0 Å². The third kappa shape index (κ3) is 4.87. The maximum atomic E-state index is 12.6. The Hall–Kier alpha value is -2.18. The van der Waals surface area contributed by atoms with E-state index in [1.807, 2.05) is 6.08 Å². The molecule has 0 aromatic rings. The van der Waals surface area contributed by atoms with E-state index in [4.69, 9.17) is 4.74 Å². The van der Waals surface area contributed by atoms with Crippen LogP contribution in [0.15, 0.2) is 48.1 Å². The van der Waals surface area contributed by atoms with E-state index >= 15 is 0 Å². The van der Waals surface area contributed by atoms with Gasteiger partial charge in [0.25, 0.3) is 0 Å². The van der Waals surface area contributed by atoms with Gasteiger partial charge in [-0.05, 0) is 85.8 Å². The van der Waals surface area contributed by atoms with E-state index in [1.54, 1.807) is 13.8 Å². The van der Waals surface area contributed by atoms with E-state index < -0.39 is 40.3 Å². The van der Waals surface area contributed by atoms with E-state index in [9.17, 15) is 24.9 Å². The minimum Gasteiger partial charge on any atom is -0.481 e. The van der Waals surface area contributed by atoms with Crippen LogP contribution >= 0.6 is 0 Å². The number of carboxylic acids is 1. The zero-order valence-corrected chi connectivity index (χ0v) is 23.5. The van der Waals surface area contributed by atoms with Crippen LogP contribution < -0.4 is 0 Å². The quantitative estimate of drug-likeness (QED) is 0.259. The molecule has 7 atom stereocenters. The summed E-state index contributed by atoms with van der Waals surface area (Å²) in [6.45, 7) is 17.9. The van der Waals surface area contributed by atoms with Gasteiger partial charge in [0.05, 0.1) is 24.7 Å². The van der Waals surface area contributed by atoms with Gasteiger partial charge in [0.2, 0.25) is 0 Å². The molecule has 6 heteroatoms.